The Balaban J connectivity index is 1.94. The standard InChI is InChI=1S/C15H15FN2OS/c1-10-3-2-4-12(7-10)20-9-15(19)18-14-8-11(16)5-6-13(14)17/h2-8H,9,17H2,1H3,(H,18,19). The van der Waals surface area contributed by atoms with E-state index in [1.165, 1.54) is 30.0 Å². The zero-order chi connectivity index (χ0) is 14.5. The highest BCUT2D eigenvalue weighted by Crippen LogP contribution is 2.22. The highest BCUT2D eigenvalue weighted by Gasteiger charge is 2.07. The van der Waals surface area contributed by atoms with Gasteiger partial charge in [-0.05, 0) is 37.3 Å². The third kappa shape index (κ3) is 3.99. The number of hydrogen-bond acceptors (Lipinski definition) is 3. The van der Waals surface area contributed by atoms with Gasteiger partial charge in [0.2, 0.25) is 5.91 Å². The van der Waals surface area contributed by atoms with E-state index in [0.29, 0.717) is 11.4 Å². The van der Waals surface area contributed by atoms with Crippen molar-refractivity contribution >= 4 is 29.0 Å². The molecular formula is C15H15FN2OS. The van der Waals surface area contributed by atoms with Crippen LogP contribution >= 0.6 is 11.8 Å². The van der Waals surface area contributed by atoms with Crippen LogP contribution in [-0.4, -0.2) is 11.7 Å². The number of aryl methyl sites for hydroxylation is 1. The lowest BCUT2D eigenvalue weighted by Crippen LogP contribution is -2.15. The molecule has 0 aliphatic rings. The van der Waals surface area contributed by atoms with Crippen molar-refractivity contribution in [3.05, 3.63) is 53.8 Å². The first kappa shape index (κ1) is 14.4. The number of nitrogens with one attached hydrogen (secondary N) is 1. The van der Waals surface area contributed by atoms with E-state index in [-0.39, 0.29) is 11.7 Å². The number of benzene rings is 2. The Labute approximate surface area is 121 Å². The molecule has 0 saturated carbocycles. The zero-order valence-corrected chi connectivity index (χ0v) is 11.8. The van der Waals surface area contributed by atoms with Gasteiger partial charge in [0.1, 0.15) is 5.82 Å². The van der Waals surface area contributed by atoms with E-state index in [1.54, 1.807) is 0 Å². The summed E-state index contributed by atoms with van der Waals surface area (Å²) in [5.74, 6) is -0.394. The first-order valence-electron chi connectivity index (χ1n) is 6.09. The summed E-state index contributed by atoms with van der Waals surface area (Å²) in [6.07, 6.45) is 0. The molecule has 2 aromatic rings. The van der Waals surface area contributed by atoms with Crippen molar-refractivity contribution in [3.63, 3.8) is 0 Å². The number of carbonyl (C=O) groups is 1. The van der Waals surface area contributed by atoms with Gasteiger partial charge in [0, 0.05) is 4.90 Å². The summed E-state index contributed by atoms with van der Waals surface area (Å²) in [5.41, 5.74) is 7.47. The van der Waals surface area contributed by atoms with Crippen molar-refractivity contribution in [1.82, 2.24) is 0 Å². The molecule has 0 aromatic heterocycles. The molecule has 1 amide bonds. The van der Waals surface area contributed by atoms with E-state index in [2.05, 4.69) is 5.32 Å². The van der Waals surface area contributed by atoms with Crippen molar-refractivity contribution < 1.29 is 9.18 Å². The molecule has 2 rings (SSSR count). The van der Waals surface area contributed by atoms with Crippen molar-refractivity contribution in [2.75, 3.05) is 16.8 Å². The van der Waals surface area contributed by atoms with Gasteiger partial charge in [0.25, 0.3) is 0 Å². The van der Waals surface area contributed by atoms with Gasteiger partial charge in [-0.25, -0.2) is 4.39 Å². The Bertz CT molecular complexity index is 631. The summed E-state index contributed by atoms with van der Waals surface area (Å²) in [7, 11) is 0. The molecule has 0 aliphatic carbocycles. The van der Waals surface area contributed by atoms with Gasteiger partial charge in [-0.2, -0.15) is 0 Å². The third-order valence-corrected chi connectivity index (χ3v) is 3.64. The van der Waals surface area contributed by atoms with Crippen LogP contribution in [0.1, 0.15) is 5.56 Å². The fourth-order valence-electron chi connectivity index (χ4n) is 1.68. The Morgan fingerprint density at radius 3 is 2.85 bits per heavy atom. The minimum absolute atomic E-state index is 0.214. The largest absolute Gasteiger partial charge is 0.397 e. The Morgan fingerprint density at radius 2 is 2.10 bits per heavy atom. The monoisotopic (exact) mass is 290 g/mol. The molecule has 0 bridgehead atoms. The molecule has 20 heavy (non-hydrogen) atoms. The molecule has 0 fully saturated rings. The molecule has 0 aliphatic heterocycles. The molecule has 3 N–H and O–H groups in total. The second-order valence-corrected chi connectivity index (χ2v) is 5.43. The first-order chi connectivity index (χ1) is 9.54. The van der Waals surface area contributed by atoms with Gasteiger partial charge in [-0.3, -0.25) is 4.79 Å². The molecule has 0 spiro atoms. The Kier molecular flexibility index (Phi) is 4.63. The highest BCUT2D eigenvalue weighted by atomic mass is 32.2. The second-order valence-electron chi connectivity index (χ2n) is 4.38. The quantitative estimate of drug-likeness (QED) is 0.670. The number of anilines is 2. The number of carbonyl (C=O) groups excluding carboxylic acids is 1. The number of nitrogen functional groups attached to an aromatic ring is 1. The Hall–Kier alpha value is -2.01. The number of nitrogens with two attached hydrogens (primary N) is 1. The molecule has 0 radical (unpaired) electrons. The minimum Gasteiger partial charge on any atom is -0.397 e. The van der Waals surface area contributed by atoms with Crippen LogP contribution in [-0.2, 0) is 4.79 Å². The van der Waals surface area contributed by atoms with E-state index >= 15 is 0 Å². The maximum atomic E-state index is 13.1. The lowest BCUT2D eigenvalue weighted by Gasteiger charge is -2.08. The number of halogens is 1. The van der Waals surface area contributed by atoms with E-state index in [1.807, 2.05) is 31.2 Å². The fraction of sp³-hybridized carbons (Fsp3) is 0.133. The first-order valence-corrected chi connectivity index (χ1v) is 7.07. The van der Waals surface area contributed by atoms with Gasteiger partial charge < -0.3 is 11.1 Å². The maximum Gasteiger partial charge on any atom is 0.234 e. The average molecular weight is 290 g/mol. The SMILES string of the molecule is Cc1cccc(SCC(=O)Nc2cc(F)ccc2N)c1. The number of thioether (sulfide) groups is 1. The van der Waals surface area contributed by atoms with Crippen molar-refractivity contribution in [2.45, 2.75) is 11.8 Å². The average Bonchev–Trinajstić information content (AvgIpc) is 2.41. The van der Waals surface area contributed by atoms with E-state index in [0.717, 1.165) is 10.5 Å². The van der Waals surface area contributed by atoms with Gasteiger partial charge >= 0.3 is 0 Å². The molecule has 2 aromatic carbocycles. The normalized spacial score (nSPS) is 10.3. The highest BCUT2D eigenvalue weighted by molar-refractivity contribution is 8.00. The summed E-state index contributed by atoms with van der Waals surface area (Å²) >= 11 is 1.43. The minimum atomic E-state index is -0.430. The fourth-order valence-corrected chi connectivity index (χ4v) is 2.49. The van der Waals surface area contributed by atoms with Gasteiger partial charge in [-0.15, -0.1) is 11.8 Å². The summed E-state index contributed by atoms with van der Waals surface area (Å²) in [4.78, 5) is 12.8. The molecule has 3 nitrogen and oxygen atoms in total. The second kappa shape index (κ2) is 6.43. The lowest BCUT2D eigenvalue weighted by atomic mass is 10.2. The van der Waals surface area contributed by atoms with Gasteiger partial charge in [-0.1, -0.05) is 17.7 Å². The summed E-state index contributed by atoms with van der Waals surface area (Å²) in [5, 5.41) is 2.61. The number of amides is 1. The van der Waals surface area contributed by atoms with E-state index in [9.17, 15) is 9.18 Å². The molecule has 0 atom stereocenters. The van der Waals surface area contributed by atoms with Crippen LogP contribution in [0.3, 0.4) is 0 Å². The summed E-state index contributed by atoms with van der Waals surface area (Å²) in [6, 6.07) is 11.8. The van der Waals surface area contributed by atoms with Crippen LogP contribution in [0.2, 0.25) is 0 Å². The topological polar surface area (TPSA) is 55.1 Å². The molecule has 0 unspecified atom stereocenters. The van der Waals surface area contributed by atoms with Crippen LogP contribution in [0.5, 0.6) is 0 Å². The van der Waals surface area contributed by atoms with E-state index < -0.39 is 5.82 Å². The number of rotatable bonds is 4. The van der Waals surface area contributed by atoms with Crippen molar-refractivity contribution in [1.29, 1.82) is 0 Å². The molecule has 0 heterocycles. The number of hydrogen-bond donors (Lipinski definition) is 2. The van der Waals surface area contributed by atoms with Crippen molar-refractivity contribution in [3.8, 4) is 0 Å². The van der Waals surface area contributed by atoms with Gasteiger partial charge in [0.15, 0.2) is 0 Å². The zero-order valence-electron chi connectivity index (χ0n) is 11.0. The Morgan fingerprint density at radius 1 is 1.30 bits per heavy atom. The van der Waals surface area contributed by atoms with Crippen LogP contribution in [0.25, 0.3) is 0 Å². The summed E-state index contributed by atoms with van der Waals surface area (Å²) < 4.78 is 13.1. The lowest BCUT2D eigenvalue weighted by molar-refractivity contribution is -0.113. The molecule has 0 saturated heterocycles. The van der Waals surface area contributed by atoms with Crippen LogP contribution in [0.4, 0.5) is 15.8 Å². The van der Waals surface area contributed by atoms with Crippen LogP contribution < -0.4 is 11.1 Å². The van der Waals surface area contributed by atoms with Crippen LogP contribution in [0.15, 0.2) is 47.4 Å². The van der Waals surface area contributed by atoms with Crippen LogP contribution in [0, 0.1) is 12.7 Å². The predicted octanol–water partition coefficient (Wildman–Crippen LogP) is 3.45. The van der Waals surface area contributed by atoms with E-state index in [4.69, 9.17) is 5.73 Å². The molecular weight excluding hydrogens is 275 g/mol. The summed E-state index contributed by atoms with van der Waals surface area (Å²) in [6.45, 7) is 2.00. The maximum absolute atomic E-state index is 13.1. The molecule has 104 valence electrons. The predicted molar refractivity (Wildman–Crippen MR) is 81.3 cm³/mol. The third-order valence-electron chi connectivity index (χ3n) is 2.65. The van der Waals surface area contributed by atoms with Crippen molar-refractivity contribution in [2.24, 2.45) is 0 Å². The smallest absolute Gasteiger partial charge is 0.234 e. The van der Waals surface area contributed by atoms with Gasteiger partial charge in [0.05, 0.1) is 17.1 Å². The molecule has 5 heteroatoms.